The zero-order chi connectivity index (χ0) is 13.8. The summed E-state index contributed by atoms with van der Waals surface area (Å²) in [7, 11) is 0. The van der Waals surface area contributed by atoms with Gasteiger partial charge in [-0.25, -0.2) is 4.79 Å². The van der Waals surface area contributed by atoms with Crippen molar-refractivity contribution in [3.63, 3.8) is 0 Å². The van der Waals surface area contributed by atoms with E-state index in [1.54, 1.807) is 0 Å². The van der Waals surface area contributed by atoms with Crippen LogP contribution in [0.2, 0.25) is 0 Å². The van der Waals surface area contributed by atoms with Crippen molar-refractivity contribution in [2.24, 2.45) is 0 Å². The van der Waals surface area contributed by atoms with E-state index < -0.39 is 5.97 Å². The van der Waals surface area contributed by atoms with Crippen molar-refractivity contribution < 1.29 is 14.3 Å². The van der Waals surface area contributed by atoms with E-state index in [9.17, 15) is 4.79 Å². The van der Waals surface area contributed by atoms with E-state index in [2.05, 4.69) is 37.4 Å². The maximum absolute atomic E-state index is 10.7. The van der Waals surface area contributed by atoms with Gasteiger partial charge in [0.15, 0.2) is 0 Å². The first kappa shape index (κ1) is 13.4. The average molecular weight is 259 g/mol. The van der Waals surface area contributed by atoms with Crippen molar-refractivity contribution in [1.82, 2.24) is 5.32 Å². The van der Waals surface area contributed by atoms with Crippen LogP contribution in [0.3, 0.4) is 0 Å². The number of hydrogen-bond acceptors (Lipinski definition) is 3. The molecule has 0 spiro atoms. The summed E-state index contributed by atoms with van der Waals surface area (Å²) >= 11 is 0. The Kier molecular flexibility index (Phi) is 4.02. The van der Waals surface area contributed by atoms with E-state index >= 15 is 0 Å². The lowest BCUT2D eigenvalue weighted by Gasteiger charge is -2.13. The summed E-state index contributed by atoms with van der Waals surface area (Å²) in [5, 5.41) is 12.1. The van der Waals surface area contributed by atoms with Gasteiger partial charge in [-0.2, -0.15) is 0 Å². The van der Waals surface area contributed by atoms with Crippen LogP contribution in [0.1, 0.15) is 40.2 Å². The fourth-order valence-corrected chi connectivity index (χ4v) is 1.90. The van der Waals surface area contributed by atoms with Crippen LogP contribution in [0.4, 0.5) is 0 Å². The number of nitrogens with one attached hydrogen (secondary N) is 1. The molecule has 2 rings (SSSR count). The third-order valence-electron chi connectivity index (χ3n) is 3.03. The summed E-state index contributed by atoms with van der Waals surface area (Å²) < 4.78 is 5.19. The minimum atomic E-state index is -0.971. The first-order valence-corrected chi connectivity index (χ1v) is 6.17. The molecule has 0 fully saturated rings. The van der Waals surface area contributed by atoms with Crippen LogP contribution in [-0.4, -0.2) is 11.1 Å². The highest BCUT2D eigenvalue weighted by molar-refractivity contribution is 5.87. The Morgan fingerprint density at radius 3 is 2.84 bits per heavy atom. The van der Waals surface area contributed by atoms with Crippen LogP contribution in [-0.2, 0) is 6.54 Å². The van der Waals surface area contributed by atoms with Gasteiger partial charge >= 0.3 is 5.97 Å². The normalized spacial score (nSPS) is 12.3. The monoisotopic (exact) mass is 259 g/mol. The SMILES string of the molecule is Cc1cccc([C@@H](C)NCc2cc(C(=O)O)co2)c1. The van der Waals surface area contributed by atoms with Gasteiger partial charge in [0.2, 0.25) is 0 Å². The van der Waals surface area contributed by atoms with E-state index in [1.165, 1.54) is 23.5 Å². The standard InChI is InChI=1S/C15H17NO3/c1-10-4-3-5-12(6-10)11(2)16-8-14-7-13(9-19-14)15(17)18/h3-7,9,11,16H,8H2,1-2H3,(H,17,18)/t11-/m1/s1. The number of aryl methyl sites for hydroxylation is 1. The Morgan fingerprint density at radius 1 is 1.42 bits per heavy atom. The van der Waals surface area contributed by atoms with Gasteiger partial charge in [0.25, 0.3) is 0 Å². The fraction of sp³-hybridized carbons (Fsp3) is 0.267. The van der Waals surface area contributed by atoms with Crippen LogP contribution in [0.25, 0.3) is 0 Å². The Bertz CT molecular complexity index is 574. The zero-order valence-corrected chi connectivity index (χ0v) is 11.0. The number of rotatable bonds is 5. The molecule has 0 bridgehead atoms. The molecule has 1 aromatic carbocycles. The summed E-state index contributed by atoms with van der Waals surface area (Å²) in [6.07, 6.45) is 1.26. The first-order valence-electron chi connectivity index (χ1n) is 6.17. The molecule has 0 saturated carbocycles. The molecule has 2 N–H and O–H groups in total. The highest BCUT2D eigenvalue weighted by Crippen LogP contribution is 2.15. The van der Waals surface area contributed by atoms with Crippen molar-refractivity contribution in [2.45, 2.75) is 26.4 Å². The molecule has 0 unspecified atom stereocenters. The largest absolute Gasteiger partial charge is 0.478 e. The molecule has 0 radical (unpaired) electrons. The molecule has 2 aromatic rings. The quantitative estimate of drug-likeness (QED) is 0.866. The Balaban J connectivity index is 1.96. The second-order valence-electron chi connectivity index (χ2n) is 4.62. The smallest absolute Gasteiger partial charge is 0.338 e. The first-order chi connectivity index (χ1) is 9.06. The summed E-state index contributed by atoms with van der Waals surface area (Å²) in [6, 6.07) is 9.99. The third kappa shape index (κ3) is 3.45. The number of carbonyl (C=O) groups is 1. The van der Waals surface area contributed by atoms with Crippen molar-refractivity contribution in [1.29, 1.82) is 0 Å². The van der Waals surface area contributed by atoms with Gasteiger partial charge in [-0.3, -0.25) is 0 Å². The predicted octanol–water partition coefficient (Wildman–Crippen LogP) is 3.14. The predicted molar refractivity (Wildman–Crippen MR) is 72.1 cm³/mol. The summed E-state index contributed by atoms with van der Waals surface area (Å²) in [6.45, 7) is 4.63. The van der Waals surface area contributed by atoms with Crippen LogP contribution in [0.5, 0.6) is 0 Å². The van der Waals surface area contributed by atoms with Gasteiger partial charge in [-0.1, -0.05) is 29.8 Å². The topological polar surface area (TPSA) is 62.5 Å². The van der Waals surface area contributed by atoms with Gasteiger partial charge in [0.1, 0.15) is 12.0 Å². The third-order valence-corrected chi connectivity index (χ3v) is 3.03. The van der Waals surface area contributed by atoms with Crippen molar-refractivity contribution in [2.75, 3.05) is 0 Å². The van der Waals surface area contributed by atoms with Crippen molar-refractivity contribution in [3.05, 3.63) is 59.0 Å². The highest BCUT2D eigenvalue weighted by atomic mass is 16.4. The number of carboxylic acid groups (broad SMARTS) is 1. The number of carboxylic acids is 1. The van der Waals surface area contributed by atoms with Crippen molar-refractivity contribution in [3.8, 4) is 0 Å². The van der Waals surface area contributed by atoms with E-state index in [4.69, 9.17) is 9.52 Å². The van der Waals surface area contributed by atoms with Crippen LogP contribution in [0.15, 0.2) is 41.0 Å². The van der Waals surface area contributed by atoms with E-state index in [0.717, 1.165) is 0 Å². The lowest BCUT2D eigenvalue weighted by Crippen LogP contribution is -2.17. The number of furan rings is 1. The van der Waals surface area contributed by atoms with E-state index in [-0.39, 0.29) is 11.6 Å². The van der Waals surface area contributed by atoms with Gasteiger partial charge < -0.3 is 14.8 Å². The molecule has 0 amide bonds. The molecule has 100 valence electrons. The second-order valence-corrected chi connectivity index (χ2v) is 4.62. The number of benzene rings is 1. The maximum Gasteiger partial charge on any atom is 0.338 e. The van der Waals surface area contributed by atoms with Gasteiger partial charge in [-0.15, -0.1) is 0 Å². The van der Waals surface area contributed by atoms with E-state index in [0.29, 0.717) is 12.3 Å². The molecule has 0 aliphatic rings. The van der Waals surface area contributed by atoms with Gasteiger partial charge in [-0.05, 0) is 25.5 Å². The summed E-state index contributed by atoms with van der Waals surface area (Å²) in [5.41, 5.74) is 2.60. The second kappa shape index (κ2) is 5.71. The zero-order valence-electron chi connectivity index (χ0n) is 11.0. The fourth-order valence-electron chi connectivity index (χ4n) is 1.90. The number of hydrogen-bond donors (Lipinski definition) is 2. The molecule has 19 heavy (non-hydrogen) atoms. The maximum atomic E-state index is 10.7. The average Bonchev–Trinajstić information content (AvgIpc) is 2.85. The molecule has 1 heterocycles. The lowest BCUT2D eigenvalue weighted by molar-refractivity contribution is 0.0696. The van der Waals surface area contributed by atoms with Crippen molar-refractivity contribution >= 4 is 5.97 Å². The molecular formula is C15H17NO3. The molecule has 0 aliphatic carbocycles. The minimum Gasteiger partial charge on any atom is -0.478 e. The summed E-state index contributed by atoms with van der Waals surface area (Å²) in [4.78, 5) is 10.7. The molecular weight excluding hydrogens is 242 g/mol. The van der Waals surface area contributed by atoms with Crippen LogP contribution < -0.4 is 5.32 Å². The number of aromatic carboxylic acids is 1. The molecule has 0 aliphatic heterocycles. The molecule has 0 saturated heterocycles. The molecule has 1 aromatic heterocycles. The molecule has 1 atom stereocenters. The summed E-state index contributed by atoms with van der Waals surface area (Å²) in [5.74, 6) is -0.348. The lowest BCUT2D eigenvalue weighted by atomic mass is 10.1. The minimum absolute atomic E-state index is 0.179. The molecule has 4 nitrogen and oxygen atoms in total. The Hall–Kier alpha value is -2.07. The van der Waals surface area contributed by atoms with Gasteiger partial charge in [0, 0.05) is 6.04 Å². The Labute approximate surface area is 112 Å². The van der Waals surface area contributed by atoms with Crippen LogP contribution >= 0.6 is 0 Å². The van der Waals surface area contributed by atoms with E-state index in [1.807, 2.05) is 6.07 Å². The Morgan fingerprint density at radius 2 is 2.21 bits per heavy atom. The highest BCUT2D eigenvalue weighted by Gasteiger charge is 2.10. The molecule has 4 heteroatoms. The van der Waals surface area contributed by atoms with Gasteiger partial charge in [0.05, 0.1) is 12.1 Å². The van der Waals surface area contributed by atoms with Crippen LogP contribution in [0, 0.1) is 6.92 Å².